The zero-order valence-corrected chi connectivity index (χ0v) is 16.2. The molecule has 0 spiro atoms. The number of benzene rings is 1. The van der Waals surface area contributed by atoms with Gasteiger partial charge in [0.2, 0.25) is 0 Å². The summed E-state index contributed by atoms with van der Waals surface area (Å²) in [6.07, 6.45) is 2.93. The Balaban J connectivity index is 2.00. The molecule has 0 fully saturated rings. The van der Waals surface area contributed by atoms with Gasteiger partial charge in [-0.2, -0.15) is 0 Å². The van der Waals surface area contributed by atoms with E-state index >= 15 is 0 Å². The highest BCUT2D eigenvalue weighted by atomic mass is 32.1. The Kier molecular flexibility index (Phi) is 6.93. The normalized spacial score (nSPS) is 12.3. The smallest absolute Gasteiger partial charge is 0.191 e. The molecule has 0 aliphatic rings. The molecule has 0 radical (unpaired) electrons. The van der Waals surface area contributed by atoms with Crippen molar-refractivity contribution in [2.75, 3.05) is 13.1 Å². The van der Waals surface area contributed by atoms with Crippen LogP contribution in [0.5, 0.6) is 0 Å². The minimum atomic E-state index is -0.211. The third-order valence-electron chi connectivity index (χ3n) is 3.99. The first-order chi connectivity index (χ1) is 11.9. The van der Waals surface area contributed by atoms with Gasteiger partial charge < -0.3 is 10.6 Å². The van der Waals surface area contributed by atoms with Gasteiger partial charge in [-0.1, -0.05) is 32.9 Å². The summed E-state index contributed by atoms with van der Waals surface area (Å²) < 4.78 is 13.1. The van der Waals surface area contributed by atoms with Crippen molar-refractivity contribution in [3.05, 3.63) is 51.7 Å². The van der Waals surface area contributed by atoms with E-state index in [1.54, 1.807) is 11.3 Å². The van der Waals surface area contributed by atoms with Gasteiger partial charge in [-0.15, -0.1) is 11.3 Å². The Hall–Kier alpha value is -1.95. The van der Waals surface area contributed by atoms with Crippen LogP contribution in [0.1, 0.15) is 43.1 Å². The molecule has 136 valence electrons. The number of nitrogens with one attached hydrogen (secondary N) is 2. The predicted octanol–water partition coefficient (Wildman–Crippen LogP) is 3.88. The summed E-state index contributed by atoms with van der Waals surface area (Å²) in [6.45, 7) is 10.5. The van der Waals surface area contributed by atoms with Gasteiger partial charge in [0, 0.05) is 29.6 Å². The van der Waals surface area contributed by atoms with Crippen LogP contribution in [0.25, 0.3) is 0 Å². The van der Waals surface area contributed by atoms with E-state index < -0.39 is 0 Å². The molecule has 6 heteroatoms. The van der Waals surface area contributed by atoms with E-state index in [1.807, 2.05) is 25.3 Å². The third-order valence-corrected chi connectivity index (χ3v) is 5.12. The second-order valence-corrected chi connectivity index (χ2v) is 7.71. The lowest BCUT2D eigenvalue weighted by molar-refractivity contribution is 0.507. The van der Waals surface area contributed by atoms with Crippen molar-refractivity contribution in [1.82, 2.24) is 15.6 Å². The summed E-state index contributed by atoms with van der Waals surface area (Å²) in [6, 6.07) is 6.68. The maximum Gasteiger partial charge on any atom is 0.191 e. The Morgan fingerprint density at radius 3 is 2.52 bits per heavy atom. The van der Waals surface area contributed by atoms with E-state index in [4.69, 9.17) is 0 Å². The van der Waals surface area contributed by atoms with Crippen molar-refractivity contribution >= 4 is 17.3 Å². The summed E-state index contributed by atoms with van der Waals surface area (Å²) in [4.78, 5) is 10.3. The van der Waals surface area contributed by atoms with E-state index in [9.17, 15) is 4.39 Å². The fourth-order valence-electron chi connectivity index (χ4n) is 2.38. The van der Waals surface area contributed by atoms with Gasteiger partial charge in [-0.05, 0) is 31.0 Å². The molecule has 1 aromatic carbocycles. The summed E-state index contributed by atoms with van der Waals surface area (Å²) in [5.41, 5.74) is 0.949. The van der Waals surface area contributed by atoms with E-state index in [0.717, 1.165) is 29.5 Å². The van der Waals surface area contributed by atoms with Gasteiger partial charge in [0.25, 0.3) is 0 Å². The average molecular weight is 363 g/mol. The number of rotatable bonds is 7. The van der Waals surface area contributed by atoms with Crippen LogP contribution in [0.2, 0.25) is 0 Å². The molecule has 2 N–H and O–H groups in total. The number of hydrogen-bond donors (Lipinski definition) is 2. The Bertz CT molecular complexity index is 692. The maximum atomic E-state index is 13.1. The SMILES string of the molecule is CCNC(=NCc1ncc(CC)s1)NCC(C)(C)c1ccc(F)cc1. The molecule has 1 heterocycles. The molecule has 0 unspecified atom stereocenters. The molecule has 0 amide bonds. The highest BCUT2D eigenvalue weighted by Gasteiger charge is 2.21. The molecule has 0 saturated heterocycles. The predicted molar refractivity (Wildman–Crippen MR) is 104 cm³/mol. The number of hydrogen-bond acceptors (Lipinski definition) is 3. The molecule has 2 aromatic rings. The summed E-state index contributed by atoms with van der Waals surface area (Å²) in [7, 11) is 0. The molecule has 0 aliphatic carbocycles. The number of halogens is 1. The van der Waals surface area contributed by atoms with Gasteiger partial charge in [-0.3, -0.25) is 0 Å². The number of guanidine groups is 1. The molecule has 2 rings (SSSR count). The Morgan fingerprint density at radius 2 is 1.92 bits per heavy atom. The average Bonchev–Trinajstić information content (AvgIpc) is 3.06. The quantitative estimate of drug-likeness (QED) is 0.580. The highest BCUT2D eigenvalue weighted by molar-refractivity contribution is 7.11. The van der Waals surface area contributed by atoms with Crippen molar-refractivity contribution < 1.29 is 4.39 Å². The van der Waals surface area contributed by atoms with Gasteiger partial charge in [-0.25, -0.2) is 14.4 Å². The number of aryl methyl sites for hydroxylation is 1. The lowest BCUT2D eigenvalue weighted by Gasteiger charge is -2.26. The Morgan fingerprint density at radius 1 is 1.20 bits per heavy atom. The van der Waals surface area contributed by atoms with Crippen LogP contribution in [0.15, 0.2) is 35.5 Å². The first-order valence-corrected chi connectivity index (χ1v) is 9.48. The minimum absolute atomic E-state index is 0.138. The van der Waals surface area contributed by atoms with Gasteiger partial charge in [0.05, 0.1) is 6.54 Å². The van der Waals surface area contributed by atoms with Gasteiger partial charge in [0.1, 0.15) is 10.8 Å². The van der Waals surface area contributed by atoms with Crippen molar-refractivity contribution in [2.45, 2.75) is 46.1 Å². The van der Waals surface area contributed by atoms with Crippen LogP contribution >= 0.6 is 11.3 Å². The lowest BCUT2D eigenvalue weighted by Crippen LogP contribution is -2.43. The van der Waals surface area contributed by atoms with Crippen LogP contribution in [0.3, 0.4) is 0 Å². The van der Waals surface area contributed by atoms with E-state index in [2.05, 4.69) is 41.4 Å². The van der Waals surface area contributed by atoms with Crippen LogP contribution < -0.4 is 10.6 Å². The van der Waals surface area contributed by atoms with Crippen LogP contribution in [-0.2, 0) is 18.4 Å². The third kappa shape index (κ3) is 5.81. The zero-order valence-electron chi connectivity index (χ0n) is 15.4. The maximum absolute atomic E-state index is 13.1. The van der Waals surface area contributed by atoms with E-state index in [-0.39, 0.29) is 11.2 Å². The summed E-state index contributed by atoms with van der Waals surface area (Å²) in [5, 5.41) is 7.67. The molecule has 1 aromatic heterocycles. The highest BCUT2D eigenvalue weighted by Crippen LogP contribution is 2.22. The number of nitrogens with zero attached hydrogens (tertiary/aromatic N) is 2. The first kappa shape index (κ1) is 19.4. The second-order valence-electron chi connectivity index (χ2n) is 6.51. The topological polar surface area (TPSA) is 49.3 Å². The number of aliphatic imine (C=N–C) groups is 1. The molecule has 0 atom stereocenters. The van der Waals surface area contributed by atoms with Crippen molar-refractivity contribution in [3.8, 4) is 0 Å². The van der Waals surface area contributed by atoms with Crippen LogP contribution in [0, 0.1) is 5.82 Å². The Labute approximate surface area is 153 Å². The second kappa shape index (κ2) is 8.94. The van der Waals surface area contributed by atoms with Gasteiger partial charge in [0.15, 0.2) is 5.96 Å². The summed E-state index contributed by atoms with van der Waals surface area (Å²) >= 11 is 1.71. The zero-order chi connectivity index (χ0) is 18.3. The van der Waals surface area contributed by atoms with Crippen LogP contribution in [-0.4, -0.2) is 24.0 Å². The molecule has 25 heavy (non-hydrogen) atoms. The van der Waals surface area contributed by atoms with Crippen molar-refractivity contribution in [2.24, 2.45) is 4.99 Å². The first-order valence-electron chi connectivity index (χ1n) is 8.66. The standard InChI is InChI=1S/C19H27FN4S/c1-5-16-11-22-17(25-16)12-23-18(21-6-2)24-13-19(3,4)14-7-9-15(20)10-8-14/h7-11H,5-6,12-13H2,1-4H3,(H2,21,23,24). The monoisotopic (exact) mass is 362 g/mol. The molecule has 0 saturated carbocycles. The number of thiazole rings is 1. The van der Waals surface area contributed by atoms with Gasteiger partial charge >= 0.3 is 0 Å². The molecule has 0 aliphatic heterocycles. The molecule has 0 bridgehead atoms. The molecule has 4 nitrogen and oxygen atoms in total. The van der Waals surface area contributed by atoms with Crippen molar-refractivity contribution in [1.29, 1.82) is 0 Å². The minimum Gasteiger partial charge on any atom is -0.357 e. The molecular weight excluding hydrogens is 335 g/mol. The number of aromatic nitrogens is 1. The van der Waals surface area contributed by atoms with E-state index in [1.165, 1.54) is 17.0 Å². The molecular formula is C19H27FN4S. The lowest BCUT2D eigenvalue weighted by atomic mass is 9.84. The fourth-order valence-corrected chi connectivity index (χ4v) is 3.17. The van der Waals surface area contributed by atoms with Crippen molar-refractivity contribution in [3.63, 3.8) is 0 Å². The summed E-state index contributed by atoms with van der Waals surface area (Å²) in [5.74, 6) is 0.559. The van der Waals surface area contributed by atoms with E-state index in [0.29, 0.717) is 13.1 Å². The largest absolute Gasteiger partial charge is 0.357 e. The van der Waals surface area contributed by atoms with Crippen LogP contribution in [0.4, 0.5) is 4.39 Å². The fraction of sp³-hybridized carbons (Fsp3) is 0.474.